The molecular formula is C16H29N3O. The molecule has 0 aromatic rings. The number of hydrogen-bond donors (Lipinski definition) is 2. The fourth-order valence-corrected chi connectivity index (χ4v) is 4.30. The van der Waals surface area contributed by atoms with E-state index in [-0.39, 0.29) is 5.41 Å². The Bertz CT molecular complexity index is 351. The number of nitrogens with zero attached hydrogens (tertiary/aromatic N) is 1. The fraction of sp³-hybridized carbons (Fsp3) is 0.938. The van der Waals surface area contributed by atoms with Crippen LogP contribution in [0.5, 0.6) is 0 Å². The number of carbonyl (C=O) groups is 1. The average molecular weight is 279 g/mol. The highest BCUT2D eigenvalue weighted by Crippen LogP contribution is 2.34. The number of amides is 1. The molecular weight excluding hydrogens is 250 g/mol. The van der Waals surface area contributed by atoms with Crippen molar-refractivity contribution in [3.8, 4) is 0 Å². The van der Waals surface area contributed by atoms with Gasteiger partial charge in [-0.2, -0.15) is 0 Å². The van der Waals surface area contributed by atoms with Gasteiger partial charge >= 0.3 is 0 Å². The Labute approximate surface area is 122 Å². The first kappa shape index (κ1) is 14.3. The molecule has 3 rings (SSSR count). The van der Waals surface area contributed by atoms with Gasteiger partial charge < -0.3 is 15.5 Å². The van der Waals surface area contributed by atoms with E-state index < -0.39 is 0 Å². The molecule has 0 aliphatic carbocycles. The molecule has 2 unspecified atom stereocenters. The summed E-state index contributed by atoms with van der Waals surface area (Å²) >= 11 is 0. The zero-order valence-corrected chi connectivity index (χ0v) is 13.0. The van der Waals surface area contributed by atoms with Gasteiger partial charge in [0.15, 0.2) is 0 Å². The van der Waals surface area contributed by atoms with E-state index in [1.54, 1.807) is 0 Å². The maximum atomic E-state index is 12.6. The van der Waals surface area contributed by atoms with Gasteiger partial charge in [0, 0.05) is 23.5 Å². The molecule has 4 heteroatoms. The van der Waals surface area contributed by atoms with Gasteiger partial charge in [0.2, 0.25) is 5.91 Å². The SMILES string of the molecule is CN1C2CCCC1CC(NC(=O)C1(C)CCNCC1)C2. The highest BCUT2D eigenvalue weighted by molar-refractivity contribution is 5.82. The van der Waals surface area contributed by atoms with Crippen molar-refractivity contribution in [2.75, 3.05) is 20.1 Å². The van der Waals surface area contributed by atoms with Gasteiger partial charge in [-0.25, -0.2) is 0 Å². The third-order valence-corrected chi connectivity index (χ3v) is 5.93. The maximum Gasteiger partial charge on any atom is 0.226 e. The normalized spacial score (nSPS) is 37.4. The number of fused-ring (bicyclic) bond motifs is 2. The molecule has 1 amide bonds. The molecule has 0 spiro atoms. The Morgan fingerprint density at radius 1 is 1.20 bits per heavy atom. The summed E-state index contributed by atoms with van der Waals surface area (Å²) in [7, 11) is 2.26. The van der Waals surface area contributed by atoms with Crippen molar-refractivity contribution < 1.29 is 4.79 Å². The predicted molar refractivity (Wildman–Crippen MR) is 80.6 cm³/mol. The summed E-state index contributed by atoms with van der Waals surface area (Å²) in [6, 6.07) is 1.78. The van der Waals surface area contributed by atoms with Crippen LogP contribution in [0.4, 0.5) is 0 Å². The molecule has 0 aromatic heterocycles. The highest BCUT2D eigenvalue weighted by Gasteiger charge is 2.40. The zero-order valence-electron chi connectivity index (χ0n) is 13.0. The van der Waals surface area contributed by atoms with Crippen LogP contribution in [-0.2, 0) is 4.79 Å². The molecule has 2 atom stereocenters. The molecule has 3 fully saturated rings. The van der Waals surface area contributed by atoms with E-state index in [2.05, 4.69) is 29.5 Å². The van der Waals surface area contributed by atoms with Crippen LogP contribution in [0, 0.1) is 5.41 Å². The summed E-state index contributed by atoms with van der Waals surface area (Å²) in [5.41, 5.74) is -0.149. The Morgan fingerprint density at radius 3 is 2.40 bits per heavy atom. The van der Waals surface area contributed by atoms with Gasteiger partial charge in [-0.15, -0.1) is 0 Å². The minimum absolute atomic E-state index is 0.149. The van der Waals surface area contributed by atoms with Gasteiger partial charge in [-0.05, 0) is 58.7 Å². The first-order valence-electron chi connectivity index (χ1n) is 8.32. The predicted octanol–water partition coefficient (Wildman–Crippen LogP) is 1.51. The van der Waals surface area contributed by atoms with E-state index in [0.29, 0.717) is 24.0 Å². The molecule has 3 saturated heterocycles. The summed E-state index contributed by atoms with van der Waals surface area (Å²) in [6.45, 7) is 4.09. The van der Waals surface area contributed by atoms with E-state index in [4.69, 9.17) is 0 Å². The van der Waals surface area contributed by atoms with Crippen LogP contribution in [0.1, 0.15) is 51.9 Å². The lowest BCUT2D eigenvalue weighted by atomic mass is 9.78. The second-order valence-electron chi connectivity index (χ2n) is 7.36. The molecule has 2 N–H and O–H groups in total. The second kappa shape index (κ2) is 5.64. The van der Waals surface area contributed by atoms with Crippen LogP contribution in [0.3, 0.4) is 0 Å². The Morgan fingerprint density at radius 2 is 1.80 bits per heavy atom. The molecule has 0 radical (unpaired) electrons. The second-order valence-corrected chi connectivity index (χ2v) is 7.36. The van der Waals surface area contributed by atoms with Crippen molar-refractivity contribution in [2.45, 2.75) is 70.0 Å². The summed E-state index contributed by atoms with van der Waals surface area (Å²) in [5.74, 6) is 0.298. The lowest BCUT2D eigenvalue weighted by Crippen LogP contribution is -2.57. The van der Waals surface area contributed by atoms with Crippen molar-refractivity contribution in [2.24, 2.45) is 5.41 Å². The number of hydrogen-bond acceptors (Lipinski definition) is 3. The molecule has 20 heavy (non-hydrogen) atoms. The Balaban J connectivity index is 1.59. The van der Waals surface area contributed by atoms with Gasteiger partial charge in [0.25, 0.3) is 0 Å². The van der Waals surface area contributed by atoms with Crippen molar-refractivity contribution in [1.29, 1.82) is 0 Å². The molecule has 3 aliphatic heterocycles. The lowest BCUT2D eigenvalue weighted by Gasteiger charge is -2.47. The molecule has 4 nitrogen and oxygen atoms in total. The van der Waals surface area contributed by atoms with Crippen molar-refractivity contribution >= 4 is 5.91 Å². The van der Waals surface area contributed by atoms with Crippen molar-refractivity contribution in [3.63, 3.8) is 0 Å². The first-order chi connectivity index (χ1) is 9.58. The standard InChI is InChI=1S/C16H29N3O/c1-16(6-8-17-9-7-16)15(20)18-12-10-13-4-3-5-14(11-12)19(13)2/h12-14,17H,3-11H2,1-2H3,(H,18,20). The minimum atomic E-state index is -0.149. The molecule has 0 aromatic carbocycles. The topological polar surface area (TPSA) is 44.4 Å². The van der Waals surface area contributed by atoms with Crippen molar-refractivity contribution in [1.82, 2.24) is 15.5 Å². The maximum absolute atomic E-state index is 12.6. The number of nitrogens with one attached hydrogen (secondary N) is 2. The Hall–Kier alpha value is -0.610. The van der Waals surface area contributed by atoms with Crippen LogP contribution in [0.15, 0.2) is 0 Å². The first-order valence-corrected chi connectivity index (χ1v) is 8.32. The number of piperidine rings is 3. The van der Waals surface area contributed by atoms with Crippen LogP contribution >= 0.6 is 0 Å². The molecule has 0 saturated carbocycles. The zero-order chi connectivity index (χ0) is 14.2. The smallest absolute Gasteiger partial charge is 0.226 e. The molecule has 2 bridgehead atoms. The third kappa shape index (κ3) is 2.73. The van der Waals surface area contributed by atoms with E-state index in [1.807, 2.05) is 0 Å². The van der Waals surface area contributed by atoms with Crippen LogP contribution < -0.4 is 10.6 Å². The molecule has 114 valence electrons. The summed E-state index contributed by atoms with van der Waals surface area (Å²) in [6.07, 6.45) is 8.21. The summed E-state index contributed by atoms with van der Waals surface area (Å²) in [4.78, 5) is 15.2. The lowest BCUT2D eigenvalue weighted by molar-refractivity contribution is -0.133. The summed E-state index contributed by atoms with van der Waals surface area (Å²) < 4.78 is 0. The average Bonchev–Trinajstić information content (AvgIpc) is 2.41. The number of rotatable bonds is 2. The van der Waals surface area contributed by atoms with Gasteiger partial charge in [-0.1, -0.05) is 13.3 Å². The van der Waals surface area contributed by atoms with Gasteiger partial charge in [-0.3, -0.25) is 4.79 Å². The van der Waals surface area contributed by atoms with Crippen LogP contribution in [-0.4, -0.2) is 49.1 Å². The third-order valence-electron chi connectivity index (χ3n) is 5.93. The number of carbonyl (C=O) groups excluding carboxylic acids is 1. The van der Waals surface area contributed by atoms with E-state index in [1.165, 1.54) is 19.3 Å². The van der Waals surface area contributed by atoms with Gasteiger partial charge in [0.1, 0.15) is 0 Å². The fourth-order valence-electron chi connectivity index (χ4n) is 4.30. The van der Waals surface area contributed by atoms with E-state index in [0.717, 1.165) is 38.8 Å². The monoisotopic (exact) mass is 279 g/mol. The molecule has 3 heterocycles. The van der Waals surface area contributed by atoms with Crippen LogP contribution in [0.2, 0.25) is 0 Å². The quantitative estimate of drug-likeness (QED) is 0.805. The highest BCUT2D eigenvalue weighted by atomic mass is 16.2. The van der Waals surface area contributed by atoms with E-state index in [9.17, 15) is 4.79 Å². The van der Waals surface area contributed by atoms with Crippen molar-refractivity contribution in [3.05, 3.63) is 0 Å². The Kier molecular flexibility index (Phi) is 4.04. The van der Waals surface area contributed by atoms with E-state index >= 15 is 0 Å². The largest absolute Gasteiger partial charge is 0.353 e. The van der Waals surface area contributed by atoms with Gasteiger partial charge in [0.05, 0.1) is 0 Å². The molecule has 3 aliphatic rings. The summed E-state index contributed by atoms with van der Waals surface area (Å²) in [5, 5.41) is 6.73. The minimum Gasteiger partial charge on any atom is -0.353 e. The van der Waals surface area contributed by atoms with Crippen LogP contribution in [0.25, 0.3) is 0 Å².